The van der Waals surface area contributed by atoms with Gasteiger partial charge < -0.3 is 20.1 Å². The Bertz CT molecular complexity index is 729. The molecule has 23 heavy (non-hydrogen) atoms. The Balaban J connectivity index is 2.25. The van der Waals surface area contributed by atoms with Gasteiger partial charge in [0.15, 0.2) is 11.5 Å². The van der Waals surface area contributed by atoms with Crippen molar-refractivity contribution in [3.05, 3.63) is 29.3 Å². The number of hydrogen-bond donors (Lipinski definition) is 1. The number of ether oxygens (including phenoxy) is 2. The number of carbonyl (C=O) groups is 2. The van der Waals surface area contributed by atoms with Gasteiger partial charge in [0.05, 0.1) is 20.8 Å². The third-order valence-corrected chi connectivity index (χ3v) is 3.98. The predicted molar refractivity (Wildman–Crippen MR) is 86.8 cm³/mol. The van der Waals surface area contributed by atoms with E-state index in [1.807, 2.05) is 6.07 Å². The number of likely N-dealkylation sites (N-methyl/N-ethyl adjacent to an activating group) is 1. The van der Waals surface area contributed by atoms with Crippen LogP contribution in [0.5, 0.6) is 11.5 Å². The molecule has 0 unspecified atom stereocenters. The molecule has 2 rings (SSSR count). The van der Waals surface area contributed by atoms with Crippen molar-refractivity contribution < 1.29 is 19.1 Å². The van der Waals surface area contributed by atoms with Gasteiger partial charge in [0.2, 0.25) is 5.91 Å². The van der Waals surface area contributed by atoms with Crippen LogP contribution in [0.2, 0.25) is 0 Å². The summed E-state index contributed by atoms with van der Waals surface area (Å²) in [6, 6.07) is 5.40. The van der Waals surface area contributed by atoms with Gasteiger partial charge in [-0.3, -0.25) is 9.59 Å². The number of aromatic nitrogens is 1. The Kier molecular flexibility index (Phi) is 5.17. The molecular weight excluding hydrogens is 318 g/mol. The van der Waals surface area contributed by atoms with E-state index in [1.54, 1.807) is 31.7 Å². The van der Waals surface area contributed by atoms with E-state index in [1.165, 1.54) is 23.3 Å². The highest BCUT2D eigenvalue weighted by Crippen LogP contribution is 2.33. The van der Waals surface area contributed by atoms with E-state index < -0.39 is 5.91 Å². The standard InChI is InChI=1S/C15H17N3O4S/c1-18(7-13(16)19)15(20)10-8-23-14(17-10)9-4-5-11(21-2)12(6-9)22-3/h4-6,8H,7H2,1-3H3,(H2,16,19). The van der Waals surface area contributed by atoms with Crippen LogP contribution in [0.25, 0.3) is 10.6 Å². The highest BCUT2D eigenvalue weighted by molar-refractivity contribution is 7.13. The van der Waals surface area contributed by atoms with Gasteiger partial charge in [-0.25, -0.2) is 4.98 Å². The zero-order chi connectivity index (χ0) is 17.0. The minimum absolute atomic E-state index is 0.151. The lowest BCUT2D eigenvalue weighted by molar-refractivity contribution is -0.118. The lowest BCUT2D eigenvalue weighted by atomic mass is 10.2. The number of methoxy groups -OCH3 is 2. The van der Waals surface area contributed by atoms with Crippen LogP contribution in [0.15, 0.2) is 23.6 Å². The van der Waals surface area contributed by atoms with Crippen LogP contribution in [-0.4, -0.2) is 49.5 Å². The SMILES string of the molecule is COc1ccc(-c2nc(C(=O)N(C)CC(N)=O)cs2)cc1OC. The molecular formula is C15H17N3O4S. The molecule has 0 bridgehead atoms. The predicted octanol–water partition coefficient (Wildman–Crippen LogP) is 1.38. The van der Waals surface area contributed by atoms with Crippen molar-refractivity contribution in [3.8, 4) is 22.1 Å². The summed E-state index contributed by atoms with van der Waals surface area (Å²) in [6.45, 7) is -0.151. The number of nitrogens with zero attached hydrogens (tertiary/aromatic N) is 2. The summed E-state index contributed by atoms with van der Waals surface area (Å²) in [6.07, 6.45) is 0. The van der Waals surface area contributed by atoms with Crippen LogP contribution in [-0.2, 0) is 4.79 Å². The largest absolute Gasteiger partial charge is 0.493 e. The van der Waals surface area contributed by atoms with Crippen LogP contribution in [0, 0.1) is 0 Å². The Labute approximate surface area is 137 Å². The van der Waals surface area contributed by atoms with Crippen molar-refractivity contribution in [2.45, 2.75) is 0 Å². The number of primary amides is 1. The normalized spacial score (nSPS) is 10.2. The molecule has 1 heterocycles. The number of nitrogens with two attached hydrogens (primary N) is 1. The molecule has 0 saturated carbocycles. The fourth-order valence-electron chi connectivity index (χ4n) is 1.97. The lowest BCUT2D eigenvalue weighted by Gasteiger charge is -2.12. The van der Waals surface area contributed by atoms with Gasteiger partial charge in [0.25, 0.3) is 5.91 Å². The monoisotopic (exact) mass is 335 g/mol. The van der Waals surface area contributed by atoms with Crippen molar-refractivity contribution in [1.82, 2.24) is 9.88 Å². The Morgan fingerprint density at radius 3 is 2.57 bits per heavy atom. The molecule has 0 saturated heterocycles. The van der Waals surface area contributed by atoms with Crippen LogP contribution >= 0.6 is 11.3 Å². The third kappa shape index (κ3) is 3.78. The van der Waals surface area contributed by atoms with Crippen molar-refractivity contribution in [1.29, 1.82) is 0 Å². The van der Waals surface area contributed by atoms with Crippen molar-refractivity contribution in [3.63, 3.8) is 0 Å². The molecule has 0 spiro atoms. The zero-order valence-electron chi connectivity index (χ0n) is 13.0. The fraction of sp³-hybridized carbons (Fsp3) is 0.267. The van der Waals surface area contributed by atoms with Gasteiger partial charge in [-0.15, -0.1) is 11.3 Å². The average Bonchev–Trinajstić information content (AvgIpc) is 3.02. The maximum atomic E-state index is 12.2. The first kappa shape index (κ1) is 16.8. The van der Waals surface area contributed by atoms with Crippen LogP contribution in [0.1, 0.15) is 10.5 Å². The van der Waals surface area contributed by atoms with Gasteiger partial charge in [-0.2, -0.15) is 0 Å². The summed E-state index contributed by atoms with van der Waals surface area (Å²) < 4.78 is 10.5. The van der Waals surface area contributed by atoms with E-state index in [4.69, 9.17) is 15.2 Å². The highest BCUT2D eigenvalue weighted by Gasteiger charge is 2.18. The molecule has 8 heteroatoms. The van der Waals surface area contributed by atoms with Crippen molar-refractivity contribution in [2.75, 3.05) is 27.8 Å². The minimum Gasteiger partial charge on any atom is -0.493 e. The summed E-state index contributed by atoms with van der Waals surface area (Å²) >= 11 is 1.33. The van der Waals surface area contributed by atoms with Crippen LogP contribution < -0.4 is 15.2 Å². The smallest absolute Gasteiger partial charge is 0.273 e. The number of benzene rings is 1. The number of amides is 2. The van der Waals surface area contributed by atoms with E-state index in [9.17, 15) is 9.59 Å². The molecule has 1 aromatic heterocycles. The summed E-state index contributed by atoms with van der Waals surface area (Å²) in [4.78, 5) is 28.6. The summed E-state index contributed by atoms with van der Waals surface area (Å²) in [5.74, 6) is 0.271. The Morgan fingerprint density at radius 1 is 1.26 bits per heavy atom. The topological polar surface area (TPSA) is 94.8 Å². The van der Waals surface area contributed by atoms with E-state index in [-0.39, 0.29) is 18.1 Å². The molecule has 2 amide bonds. The van der Waals surface area contributed by atoms with E-state index in [2.05, 4.69) is 4.98 Å². The number of hydrogen-bond acceptors (Lipinski definition) is 6. The molecule has 0 aliphatic heterocycles. The Morgan fingerprint density at radius 2 is 1.96 bits per heavy atom. The average molecular weight is 335 g/mol. The molecule has 0 aliphatic carbocycles. The molecule has 1 aromatic carbocycles. The van der Waals surface area contributed by atoms with Crippen molar-refractivity contribution in [2.24, 2.45) is 5.73 Å². The van der Waals surface area contributed by atoms with Gasteiger partial charge in [0, 0.05) is 18.0 Å². The zero-order valence-corrected chi connectivity index (χ0v) is 13.8. The minimum atomic E-state index is -0.573. The molecule has 7 nitrogen and oxygen atoms in total. The molecule has 122 valence electrons. The molecule has 2 aromatic rings. The first-order valence-corrected chi connectivity index (χ1v) is 7.56. The second-order valence-electron chi connectivity index (χ2n) is 4.74. The number of carbonyl (C=O) groups excluding carboxylic acids is 2. The quantitative estimate of drug-likeness (QED) is 0.860. The highest BCUT2D eigenvalue weighted by atomic mass is 32.1. The maximum absolute atomic E-state index is 12.2. The molecule has 0 radical (unpaired) electrons. The van der Waals surface area contributed by atoms with E-state index in [0.29, 0.717) is 16.5 Å². The second-order valence-corrected chi connectivity index (χ2v) is 5.59. The fourth-order valence-corrected chi connectivity index (χ4v) is 2.77. The molecule has 0 fully saturated rings. The van der Waals surface area contributed by atoms with Gasteiger partial charge in [-0.05, 0) is 18.2 Å². The Hall–Kier alpha value is -2.61. The summed E-state index contributed by atoms with van der Waals surface area (Å²) in [5.41, 5.74) is 6.17. The maximum Gasteiger partial charge on any atom is 0.273 e. The molecule has 0 atom stereocenters. The number of thiazole rings is 1. The third-order valence-electron chi connectivity index (χ3n) is 3.09. The molecule has 0 aliphatic rings. The van der Waals surface area contributed by atoms with Gasteiger partial charge in [-0.1, -0.05) is 0 Å². The number of rotatable bonds is 6. The van der Waals surface area contributed by atoms with Crippen molar-refractivity contribution >= 4 is 23.2 Å². The van der Waals surface area contributed by atoms with E-state index in [0.717, 1.165) is 5.56 Å². The van der Waals surface area contributed by atoms with Gasteiger partial charge >= 0.3 is 0 Å². The first-order chi connectivity index (χ1) is 11.0. The second kappa shape index (κ2) is 7.10. The lowest BCUT2D eigenvalue weighted by Crippen LogP contribution is -2.35. The molecule has 2 N–H and O–H groups in total. The van der Waals surface area contributed by atoms with Crippen LogP contribution in [0.4, 0.5) is 0 Å². The van der Waals surface area contributed by atoms with E-state index >= 15 is 0 Å². The summed E-state index contributed by atoms with van der Waals surface area (Å²) in [5, 5.41) is 2.31. The first-order valence-electron chi connectivity index (χ1n) is 6.68. The van der Waals surface area contributed by atoms with Crippen LogP contribution in [0.3, 0.4) is 0 Å². The van der Waals surface area contributed by atoms with Gasteiger partial charge in [0.1, 0.15) is 10.7 Å². The summed E-state index contributed by atoms with van der Waals surface area (Å²) in [7, 11) is 4.62.